The first-order valence-electron chi connectivity index (χ1n) is 5.48. The second-order valence-electron chi connectivity index (χ2n) is 4.03. The average Bonchev–Trinajstić information content (AvgIpc) is 2.32. The van der Waals surface area contributed by atoms with Crippen molar-refractivity contribution in [2.75, 3.05) is 11.9 Å². The number of amides is 1. The monoisotopic (exact) mass is 274 g/mol. The average molecular weight is 275 g/mol. The number of hydrogen-bond donors (Lipinski definition) is 2. The van der Waals surface area contributed by atoms with Gasteiger partial charge in [0.25, 0.3) is 0 Å². The summed E-state index contributed by atoms with van der Waals surface area (Å²) in [5.41, 5.74) is 6.03. The minimum absolute atomic E-state index is 0.0746. The highest BCUT2D eigenvalue weighted by molar-refractivity contribution is 6.43. The fourth-order valence-corrected chi connectivity index (χ4v) is 1.66. The highest BCUT2D eigenvalue weighted by Gasteiger charge is 2.09. The maximum absolute atomic E-state index is 11.6. The third kappa shape index (κ3) is 4.54. The van der Waals surface area contributed by atoms with Crippen molar-refractivity contribution in [1.29, 1.82) is 0 Å². The van der Waals surface area contributed by atoms with Gasteiger partial charge in [-0.1, -0.05) is 36.2 Å². The molecule has 0 aliphatic carbocycles. The predicted octanol–water partition coefficient (Wildman–Crippen LogP) is 3.31. The molecule has 1 unspecified atom stereocenters. The molecular formula is C12H16Cl2N2O. The standard InChI is InChI=1S/C12H16Cl2N2O/c1-8(7-15)5-6-11(17)16-10-4-2-3-9(13)12(10)14/h2-4,8H,5-7,15H2,1H3,(H,16,17). The van der Waals surface area contributed by atoms with Crippen LogP contribution in [0.1, 0.15) is 19.8 Å². The fourth-order valence-electron chi connectivity index (χ4n) is 1.31. The number of carbonyl (C=O) groups is 1. The van der Waals surface area contributed by atoms with Crippen LogP contribution in [0.4, 0.5) is 5.69 Å². The Morgan fingerprint density at radius 3 is 2.82 bits per heavy atom. The lowest BCUT2D eigenvalue weighted by Crippen LogP contribution is -2.16. The van der Waals surface area contributed by atoms with Crippen LogP contribution < -0.4 is 11.1 Å². The molecule has 0 fully saturated rings. The second-order valence-corrected chi connectivity index (χ2v) is 4.81. The maximum Gasteiger partial charge on any atom is 0.224 e. The van der Waals surface area contributed by atoms with E-state index in [0.29, 0.717) is 34.6 Å². The maximum atomic E-state index is 11.6. The summed E-state index contributed by atoms with van der Waals surface area (Å²) in [6.07, 6.45) is 1.20. The number of benzene rings is 1. The van der Waals surface area contributed by atoms with Gasteiger partial charge in [0.15, 0.2) is 0 Å². The molecule has 0 aliphatic rings. The van der Waals surface area contributed by atoms with Crippen LogP contribution in [-0.4, -0.2) is 12.5 Å². The van der Waals surface area contributed by atoms with Crippen molar-refractivity contribution in [3.05, 3.63) is 28.2 Å². The van der Waals surface area contributed by atoms with Gasteiger partial charge in [0, 0.05) is 6.42 Å². The van der Waals surface area contributed by atoms with E-state index in [1.807, 2.05) is 6.92 Å². The molecule has 0 aliphatic heterocycles. The quantitative estimate of drug-likeness (QED) is 0.866. The molecule has 3 nitrogen and oxygen atoms in total. The summed E-state index contributed by atoms with van der Waals surface area (Å²) in [5.74, 6) is 0.269. The van der Waals surface area contributed by atoms with Crippen molar-refractivity contribution in [2.24, 2.45) is 11.7 Å². The number of nitrogens with one attached hydrogen (secondary N) is 1. The van der Waals surface area contributed by atoms with Crippen molar-refractivity contribution in [3.8, 4) is 0 Å². The van der Waals surface area contributed by atoms with Crippen LogP contribution in [0.2, 0.25) is 10.0 Å². The Morgan fingerprint density at radius 2 is 2.18 bits per heavy atom. The third-order valence-corrected chi connectivity index (χ3v) is 3.31. The van der Waals surface area contributed by atoms with Crippen LogP contribution >= 0.6 is 23.2 Å². The van der Waals surface area contributed by atoms with E-state index in [9.17, 15) is 4.79 Å². The molecule has 1 aromatic carbocycles. The SMILES string of the molecule is CC(CN)CCC(=O)Nc1cccc(Cl)c1Cl. The topological polar surface area (TPSA) is 55.1 Å². The fraction of sp³-hybridized carbons (Fsp3) is 0.417. The number of carbonyl (C=O) groups excluding carboxylic acids is 1. The Bertz CT molecular complexity index is 396. The molecule has 1 amide bonds. The zero-order valence-corrected chi connectivity index (χ0v) is 11.2. The molecular weight excluding hydrogens is 259 g/mol. The summed E-state index contributed by atoms with van der Waals surface area (Å²) < 4.78 is 0. The molecule has 0 saturated carbocycles. The number of anilines is 1. The van der Waals surface area contributed by atoms with Crippen LogP contribution in [0.15, 0.2) is 18.2 Å². The van der Waals surface area contributed by atoms with E-state index in [1.54, 1.807) is 18.2 Å². The molecule has 0 saturated heterocycles. The predicted molar refractivity (Wildman–Crippen MR) is 72.5 cm³/mol. The molecule has 0 spiro atoms. The smallest absolute Gasteiger partial charge is 0.224 e. The van der Waals surface area contributed by atoms with Crippen LogP contribution in [0, 0.1) is 5.92 Å². The van der Waals surface area contributed by atoms with Gasteiger partial charge in [0.1, 0.15) is 0 Å². The lowest BCUT2D eigenvalue weighted by molar-refractivity contribution is -0.116. The van der Waals surface area contributed by atoms with Crippen molar-refractivity contribution < 1.29 is 4.79 Å². The molecule has 0 bridgehead atoms. The molecule has 94 valence electrons. The first-order chi connectivity index (χ1) is 8.04. The minimum atomic E-state index is -0.0746. The number of hydrogen-bond acceptors (Lipinski definition) is 2. The zero-order valence-electron chi connectivity index (χ0n) is 9.67. The Kier molecular flexibility index (Phi) is 5.75. The summed E-state index contributed by atoms with van der Waals surface area (Å²) in [5, 5.41) is 3.53. The number of halogens is 2. The van der Waals surface area contributed by atoms with Gasteiger partial charge in [-0.15, -0.1) is 0 Å². The molecule has 0 radical (unpaired) electrons. The van der Waals surface area contributed by atoms with Crippen molar-refractivity contribution in [1.82, 2.24) is 0 Å². The van der Waals surface area contributed by atoms with Crippen molar-refractivity contribution >= 4 is 34.8 Å². The second kappa shape index (κ2) is 6.84. The molecule has 0 aromatic heterocycles. The Morgan fingerprint density at radius 1 is 1.47 bits per heavy atom. The summed E-state index contributed by atoms with van der Waals surface area (Å²) >= 11 is 11.8. The van der Waals surface area contributed by atoms with Gasteiger partial charge in [-0.3, -0.25) is 4.79 Å². The van der Waals surface area contributed by atoms with Gasteiger partial charge in [-0.25, -0.2) is 0 Å². The van der Waals surface area contributed by atoms with Crippen LogP contribution in [0.3, 0.4) is 0 Å². The summed E-state index contributed by atoms with van der Waals surface area (Å²) in [6.45, 7) is 2.60. The van der Waals surface area contributed by atoms with E-state index >= 15 is 0 Å². The van der Waals surface area contributed by atoms with E-state index in [-0.39, 0.29) is 5.91 Å². The van der Waals surface area contributed by atoms with E-state index in [0.717, 1.165) is 6.42 Å². The molecule has 5 heteroatoms. The van der Waals surface area contributed by atoms with Gasteiger partial charge >= 0.3 is 0 Å². The van der Waals surface area contributed by atoms with Crippen molar-refractivity contribution in [2.45, 2.75) is 19.8 Å². The summed E-state index contributed by atoms with van der Waals surface area (Å²) in [6, 6.07) is 5.14. The Balaban J connectivity index is 2.54. The Labute approximate surface area is 111 Å². The minimum Gasteiger partial charge on any atom is -0.330 e. The number of rotatable bonds is 5. The molecule has 1 aromatic rings. The van der Waals surface area contributed by atoms with E-state index < -0.39 is 0 Å². The van der Waals surface area contributed by atoms with Crippen LogP contribution in [-0.2, 0) is 4.79 Å². The lowest BCUT2D eigenvalue weighted by atomic mass is 10.1. The highest BCUT2D eigenvalue weighted by atomic mass is 35.5. The molecule has 1 atom stereocenters. The lowest BCUT2D eigenvalue weighted by Gasteiger charge is -2.10. The highest BCUT2D eigenvalue weighted by Crippen LogP contribution is 2.29. The Hall–Kier alpha value is -0.770. The zero-order chi connectivity index (χ0) is 12.8. The first kappa shape index (κ1) is 14.3. The van der Waals surface area contributed by atoms with Gasteiger partial charge in [0.2, 0.25) is 5.91 Å². The van der Waals surface area contributed by atoms with Crippen LogP contribution in [0.25, 0.3) is 0 Å². The third-order valence-electron chi connectivity index (χ3n) is 2.49. The van der Waals surface area contributed by atoms with Crippen LogP contribution in [0.5, 0.6) is 0 Å². The van der Waals surface area contributed by atoms with Gasteiger partial charge < -0.3 is 11.1 Å². The summed E-state index contributed by atoms with van der Waals surface area (Å²) in [4.78, 5) is 11.6. The molecule has 1 rings (SSSR count). The number of nitrogens with two attached hydrogens (primary N) is 1. The first-order valence-corrected chi connectivity index (χ1v) is 6.24. The van der Waals surface area contributed by atoms with E-state index in [1.165, 1.54) is 0 Å². The summed E-state index contributed by atoms with van der Waals surface area (Å²) in [7, 11) is 0. The van der Waals surface area contributed by atoms with E-state index in [2.05, 4.69) is 5.32 Å². The van der Waals surface area contributed by atoms with E-state index in [4.69, 9.17) is 28.9 Å². The van der Waals surface area contributed by atoms with Crippen molar-refractivity contribution in [3.63, 3.8) is 0 Å². The molecule has 17 heavy (non-hydrogen) atoms. The molecule has 3 N–H and O–H groups in total. The van der Waals surface area contributed by atoms with Gasteiger partial charge in [0.05, 0.1) is 15.7 Å². The van der Waals surface area contributed by atoms with Gasteiger partial charge in [-0.2, -0.15) is 0 Å². The normalized spacial score (nSPS) is 12.2. The molecule has 0 heterocycles. The largest absolute Gasteiger partial charge is 0.330 e. The van der Waals surface area contributed by atoms with Gasteiger partial charge in [-0.05, 0) is 31.0 Å².